The van der Waals surface area contributed by atoms with Crippen molar-refractivity contribution in [3.63, 3.8) is 0 Å². The van der Waals surface area contributed by atoms with E-state index in [0.29, 0.717) is 13.1 Å². The van der Waals surface area contributed by atoms with E-state index in [2.05, 4.69) is 20.1 Å². The molecule has 0 fully saturated rings. The molecule has 0 unspecified atom stereocenters. The Balaban J connectivity index is 0.00000364. The fraction of sp³-hybridized carbons (Fsp3) is 0.444. The highest BCUT2D eigenvalue weighted by Gasteiger charge is 2.08. The van der Waals surface area contributed by atoms with E-state index in [1.54, 1.807) is 28.9 Å². The third-order valence-corrected chi connectivity index (χ3v) is 3.69. The maximum Gasteiger partial charge on any atom is 0.387 e. The molecule has 27 heavy (non-hydrogen) atoms. The van der Waals surface area contributed by atoms with Crippen LogP contribution >= 0.6 is 24.0 Å². The molecular weight excluding hydrogens is 467 g/mol. The summed E-state index contributed by atoms with van der Waals surface area (Å²) in [5, 5.41) is 7.41. The Bertz CT molecular complexity index is 706. The number of hydrogen-bond donors (Lipinski definition) is 1. The first-order valence-corrected chi connectivity index (χ1v) is 8.48. The molecular formula is C18H26F2IN5O. The van der Waals surface area contributed by atoms with Crippen LogP contribution in [0.3, 0.4) is 0 Å². The van der Waals surface area contributed by atoms with Gasteiger partial charge in [0.1, 0.15) is 5.75 Å². The number of benzene rings is 1. The Morgan fingerprint density at radius 3 is 2.56 bits per heavy atom. The maximum absolute atomic E-state index is 12.2. The van der Waals surface area contributed by atoms with Crippen molar-refractivity contribution in [2.24, 2.45) is 12.0 Å². The van der Waals surface area contributed by atoms with Gasteiger partial charge in [-0.3, -0.25) is 9.67 Å². The largest absolute Gasteiger partial charge is 0.435 e. The van der Waals surface area contributed by atoms with Gasteiger partial charge < -0.3 is 15.0 Å². The van der Waals surface area contributed by atoms with Crippen LogP contribution in [-0.4, -0.2) is 47.4 Å². The summed E-state index contributed by atoms with van der Waals surface area (Å²) in [7, 11) is 3.83. The lowest BCUT2D eigenvalue weighted by atomic mass is 10.2. The minimum atomic E-state index is -2.81. The standard InChI is InChI=1S/C18H25F2N5O.HI/c1-4-21-18(22-10-9-15-11-23-25(3)13-15)24(2)12-14-5-7-16(8-6-14)26-17(19)20;/h5-8,11,13,17H,4,9-10,12H2,1-3H3,(H,21,22);1H. The zero-order valence-electron chi connectivity index (χ0n) is 15.7. The normalized spacial score (nSPS) is 11.3. The van der Waals surface area contributed by atoms with Crippen LogP contribution in [-0.2, 0) is 20.0 Å². The van der Waals surface area contributed by atoms with Crippen LogP contribution in [0.5, 0.6) is 5.75 Å². The fourth-order valence-electron chi connectivity index (χ4n) is 2.49. The summed E-state index contributed by atoms with van der Waals surface area (Å²) in [5.74, 6) is 0.952. The van der Waals surface area contributed by atoms with E-state index in [9.17, 15) is 8.78 Å². The molecule has 6 nitrogen and oxygen atoms in total. The smallest absolute Gasteiger partial charge is 0.387 e. The third kappa shape index (κ3) is 8.10. The highest BCUT2D eigenvalue weighted by Crippen LogP contribution is 2.15. The van der Waals surface area contributed by atoms with E-state index in [4.69, 9.17) is 0 Å². The predicted molar refractivity (Wildman–Crippen MR) is 113 cm³/mol. The minimum absolute atomic E-state index is 0. The van der Waals surface area contributed by atoms with Gasteiger partial charge in [-0.25, -0.2) is 0 Å². The Morgan fingerprint density at radius 1 is 1.30 bits per heavy atom. The van der Waals surface area contributed by atoms with Crippen LogP contribution in [0.4, 0.5) is 8.78 Å². The summed E-state index contributed by atoms with van der Waals surface area (Å²) < 4.78 is 30.6. The number of aliphatic imine (C=N–C) groups is 1. The number of ether oxygens (including phenoxy) is 1. The molecule has 0 aliphatic carbocycles. The number of guanidine groups is 1. The summed E-state index contributed by atoms with van der Waals surface area (Å²) >= 11 is 0. The molecule has 150 valence electrons. The molecule has 0 saturated carbocycles. The van der Waals surface area contributed by atoms with Crippen molar-refractivity contribution in [1.82, 2.24) is 20.0 Å². The molecule has 0 radical (unpaired) electrons. The second-order valence-corrected chi connectivity index (χ2v) is 5.89. The Kier molecular flexibility index (Phi) is 10.0. The molecule has 0 aliphatic heterocycles. The molecule has 0 aliphatic rings. The van der Waals surface area contributed by atoms with E-state index in [0.717, 1.165) is 30.1 Å². The second-order valence-electron chi connectivity index (χ2n) is 5.89. The average Bonchev–Trinajstić information content (AvgIpc) is 3.00. The van der Waals surface area contributed by atoms with Crippen LogP contribution in [0, 0.1) is 0 Å². The van der Waals surface area contributed by atoms with Gasteiger partial charge in [-0.05, 0) is 36.6 Å². The second kappa shape index (κ2) is 11.7. The fourth-order valence-corrected chi connectivity index (χ4v) is 2.49. The van der Waals surface area contributed by atoms with Crippen molar-refractivity contribution < 1.29 is 13.5 Å². The molecule has 0 saturated heterocycles. The van der Waals surface area contributed by atoms with E-state index in [-0.39, 0.29) is 29.7 Å². The van der Waals surface area contributed by atoms with Crippen LogP contribution in [0.2, 0.25) is 0 Å². The molecule has 1 aromatic carbocycles. The molecule has 2 rings (SSSR count). The molecule has 0 amide bonds. The predicted octanol–water partition coefficient (Wildman–Crippen LogP) is 3.28. The molecule has 0 spiro atoms. The molecule has 1 heterocycles. The summed E-state index contributed by atoms with van der Waals surface area (Å²) in [6.07, 6.45) is 4.64. The van der Waals surface area contributed by atoms with Crippen molar-refractivity contribution in [3.05, 3.63) is 47.8 Å². The Hall–Kier alpha value is -1.91. The molecule has 1 N–H and O–H groups in total. The third-order valence-electron chi connectivity index (χ3n) is 3.69. The Morgan fingerprint density at radius 2 is 2.00 bits per heavy atom. The number of nitrogens with one attached hydrogen (secondary N) is 1. The van der Waals surface area contributed by atoms with Gasteiger partial charge in [0.05, 0.1) is 6.20 Å². The summed E-state index contributed by atoms with van der Waals surface area (Å²) in [6, 6.07) is 6.63. The van der Waals surface area contributed by atoms with Crippen molar-refractivity contribution >= 4 is 29.9 Å². The first-order chi connectivity index (χ1) is 12.5. The first-order valence-electron chi connectivity index (χ1n) is 8.48. The van der Waals surface area contributed by atoms with Gasteiger partial charge in [0.15, 0.2) is 5.96 Å². The quantitative estimate of drug-likeness (QED) is 0.349. The van der Waals surface area contributed by atoms with Gasteiger partial charge in [0.2, 0.25) is 0 Å². The summed E-state index contributed by atoms with van der Waals surface area (Å²) in [5.41, 5.74) is 2.12. The lowest BCUT2D eigenvalue weighted by Gasteiger charge is -2.22. The number of alkyl halides is 2. The minimum Gasteiger partial charge on any atom is -0.435 e. The van der Waals surface area contributed by atoms with Gasteiger partial charge in [-0.15, -0.1) is 24.0 Å². The van der Waals surface area contributed by atoms with Gasteiger partial charge in [0, 0.05) is 39.9 Å². The van der Waals surface area contributed by atoms with Crippen molar-refractivity contribution in [2.45, 2.75) is 26.5 Å². The van der Waals surface area contributed by atoms with E-state index >= 15 is 0 Å². The number of rotatable bonds is 8. The molecule has 1 aromatic heterocycles. The summed E-state index contributed by atoms with van der Waals surface area (Å²) in [4.78, 5) is 6.64. The van der Waals surface area contributed by atoms with Gasteiger partial charge >= 0.3 is 6.61 Å². The van der Waals surface area contributed by atoms with Crippen molar-refractivity contribution in [1.29, 1.82) is 0 Å². The van der Waals surface area contributed by atoms with E-state index < -0.39 is 6.61 Å². The molecule has 9 heteroatoms. The monoisotopic (exact) mass is 493 g/mol. The van der Waals surface area contributed by atoms with E-state index in [1.807, 2.05) is 38.3 Å². The number of aromatic nitrogens is 2. The summed E-state index contributed by atoms with van der Waals surface area (Å²) in [6.45, 7) is 1.22. The zero-order chi connectivity index (χ0) is 18.9. The first kappa shape index (κ1) is 23.1. The maximum atomic E-state index is 12.2. The van der Waals surface area contributed by atoms with Gasteiger partial charge in [-0.2, -0.15) is 13.9 Å². The van der Waals surface area contributed by atoms with Gasteiger partial charge in [-0.1, -0.05) is 12.1 Å². The highest BCUT2D eigenvalue weighted by molar-refractivity contribution is 14.0. The molecule has 0 bridgehead atoms. The Labute approximate surface area is 175 Å². The average molecular weight is 493 g/mol. The van der Waals surface area contributed by atoms with Crippen LogP contribution in [0.15, 0.2) is 41.7 Å². The molecule has 0 atom stereocenters. The number of nitrogens with zero attached hydrogens (tertiary/aromatic N) is 4. The van der Waals surface area contributed by atoms with E-state index in [1.165, 1.54) is 0 Å². The molecule has 2 aromatic rings. The van der Waals surface area contributed by atoms with Crippen LogP contribution < -0.4 is 10.1 Å². The SMILES string of the molecule is CCNC(=NCCc1cnn(C)c1)N(C)Cc1ccc(OC(F)F)cc1.I. The van der Waals surface area contributed by atoms with Crippen molar-refractivity contribution in [2.75, 3.05) is 20.1 Å². The zero-order valence-corrected chi connectivity index (χ0v) is 18.1. The number of aryl methyl sites for hydroxylation is 1. The van der Waals surface area contributed by atoms with Crippen LogP contribution in [0.25, 0.3) is 0 Å². The topological polar surface area (TPSA) is 54.7 Å². The lowest BCUT2D eigenvalue weighted by Crippen LogP contribution is -2.38. The van der Waals surface area contributed by atoms with Crippen LogP contribution in [0.1, 0.15) is 18.1 Å². The lowest BCUT2D eigenvalue weighted by molar-refractivity contribution is -0.0498. The van der Waals surface area contributed by atoms with Gasteiger partial charge in [0.25, 0.3) is 0 Å². The number of hydrogen-bond acceptors (Lipinski definition) is 3. The van der Waals surface area contributed by atoms with Crippen molar-refractivity contribution in [3.8, 4) is 5.75 Å². The number of halogens is 3. The highest BCUT2D eigenvalue weighted by atomic mass is 127.